The zero-order valence-electron chi connectivity index (χ0n) is 19.0. The molecule has 0 radical (unpaired) electrons. The van der Waals surface area contributed by atoms with E-state index in [1.54, 1.807) is 7.05 Å². The van der Waals surface area contributed by atoms with Gasteiger partial charge in [0.1, 0.15) is 12.4 Å². The third-order valence-electron chi connectivity index (χ3n) is 4.63. The topological polar surface area (TPSA) is 58.1 Å². The van der Waals surface area contributed by atoms with Crippen LogP contribution < -0.4 is 15.4 Å². The average Bonchev–Trinajstić information content (AvgIpc) is 2.73. The number of aliphatic imine (C=N–C) groups is 1. The monoisotopic (exact) mass is 412 g/mol. The first kappa shape index (κ1) is 23.7. The summed E-state index contributed by atoms with van der Waals surface area (Å²) in [5, 5.41) is 6.81. The van der Waals surface area contributed by atoms with Crippen LogP contribution in [0.25, 0.3) is 0 Å². The van der Waals surface area contributed by atoms with Gasteiger partial charge in [0.15, 0.2) is 5.96 Å². The predicted molar refractivity (Wildman–Crippen MR) is 124 cm³/mol. The summed E-state index contributed by atoms with van der Waals surface area (Å²) in [5.74, 6) is 1.64. The van der Waals surface area contributed by atoms with Crippen LogP contribution in [0.3, 0.4) is 0 Å². The Morgan fingerprint density at radius 2 is 1.67 bits per heavy atom. The largest absolute Gasteiger partial charge is 0.491 e. The van der Waals surface area contributed by atoms with Crippen molar-refractivity contribution in [3.63, 3.8) is 0 Å². The zero-order valence-corrected chi connectivity index (χ0v) is 19.0. The summed E-state index contributed by atoms with van der Waals surface area (Å²) < 4.78 is 11.3. The molecule has 2 N–H and O–H groups in total. The van der Waals surface area contributed by atoms with E-state index in [1.807, 2.05) is 6.92 Å². The van der Waals surface area contributed by atoms with Crippen LogP contribution >= 0.6 is 0 Å². The molecular formula is C24H36N4O2. The number of hydrogen-bond donors (Lipinski definition) is 2. The molecule has 0 atom stereocenters. The molecule has 2 aromatic rings. The molecule has 0 unspecified atom stereocenters. The normalized spacial score (nSPS) is 11.6. The summed E-state index contributed by atoms with van der Waals surface area (Å²) in [6, 6.07) is 14.7. The van der Waals surface area contributed by atoms with Crippen LogP contribution in [-0.4, -0.2) is 51.8 Å². The Morgan fingerprint density at radius 3 is 2.33 bits per heavy atom. The van der Waals surface area contributed by atoms with Gasteiger partial charge in [-0.15, -0.1) is 0 Å². The maximum atomic E-state index is 5.94. The van der Waals surface area contributed by atoms with E-state index in [0.29, 0.717) is 26.4 Å². The van der Waals surface area contributed by atoms with Crippen molar-refractivity contribution in [2.75, 3.05) is 41.0 Å². The number of guanidine groups is 1. The zero-order chi connectivity index (χ0) is 21.8. The van der Waals surface area contributed by atoms with E-state index in [9.17, 15) is 0 Å². The van der Waals surface area contributed by atoms with Crippen molar-refractivity contribution in [2.24, 2.45) is 4.99 Å². The number of benzene rings is 2. The van der Waals surface area contributed by atoms with Crippen LogP contribution in [0.4, 0.5) is 0 Å². The fourth-order valence-electron chi connectivity index (χ4n) is 3.10. The first-order valence-electron chi connectivity index (χ1n) is 10.5. The van der Waals surface area contributed by atoms with Crippen LogP contribution in [0.5, 0.6) is 5.75 Å². The Labute approximate surface area is 181 Å². The van der Waals surface area contributed by atoms with Gasteiger partial charge in [0.2, 0.25) is 0 Å². The van der Waals surface area contributed by atoms with Crippen LogP contribution in [-0.2, 0) is 24.4 Å². The minimum absolute atomic E-state index is 0.542. The van der Waals surface area contributed by atoms with Gasteiger partial charge in [-0.05, 0) is 50.7 Å². The summed E-state index contributed by atoms with van der Waals surface area (Å²) in [6.07, 6.45) is 0. The van der Waals surface area contributed by atoms with Gasteiger partial charge in [-0.25, -0.2) is 0 Å². The molecule has 6 heteroatoms. The molecule has 0 spiro atoms. The van der Waals surface area contributed by atoms with Crippen molar-refractivity contribution in [3.05, 3.63) is 64.7 Å². The van der Waals surface area contributed by atoms with E-state index >= 15 is 0 Å². The molecular weight excluding hydrogens is 376 g/mol. The maximum absolute atomic E-state index is 5.94. The van der Waals surface area contributed by atoms with Crippen LogP contribution in [0, 0.1) is 6.92 Å². The van der Waals surface area contributed by atoms with Crippen molar-refractivity contribution in [1.29, 1.82) is 0 Å². The molecule has 2 aromatic carbocycles. The Bertz CT molecular complexity index is 806. The Kier molecular flexibility index (Phi) is 10.2. The molecule has 0 amide bonds. The van der Waals surface area contributed by atoms with Crippen molar-refractivity contribution in [1.82, 2.24) is 15.5 Å². The van der Waals surface area contributed by atoms with E-state index in [2.05, 4.69) is 84.0 Å². The summed E-state index contributed by atoms with van der Waals surface area (Å²) >= 11 is 0. The van der Waals surface area contributed by atoms with Crippen LogP contribution in [0.1, 0.15) is 29.2 Å². The molecule has 164 valence electrons. The SMILES string of the molecule is CCOCCOc1cc(C)ccc1CNC(=NC)NCc1ccccc1CN(C)C. The lowest BCUT2D eigenvalue weighted by atomic mass is 10.1. The lowest BCUT2D eigenvalue weighted by Crippen LogP contribution is -2.36. The molecule has 0 aliphatic heterocycles. The molecule has 0 aliphatic carbocycles. The first-order valence-corrected chi connectivity index (χ1v) is 10.5. The standard InChI is InChI=1S/C24H36N4O2/c1-6-29-13-14-30-23-15-19(2)11-12-21(23)17-27-24(25-3)26-16-20-9-7-8-10-22(20)18-28(4)5/h7-12,15H,6,13-14,16-18H2,1-5H3,(H2,25,26,27). The van der Waals surface area contributed by atoms with Crippen molar-refractivity contribution in [2.45, 2.75) is 33.5 Å². The molecule has 0 fully saturated rings. The Morgan fingerprint density at radius 1 is 0.967 bits per heavy atom. The fourth-order valence-corrected chi connectivity index (χ4v) is 3.10. The second-order valence-electron chi connectivity index (χ2n) is 7.44. The molecule has 2 rings (SSSR count). The van der Waals surface area contributed by atoms with Gasteiger partial charge >= 0.3 is 0 Å². The summed E-state index contributed by atoms with van der Waals surface area (Å²) in [7, 11) is 5.95. The molecule has 0 saturated heterocycles. The smallest absolute Gasteiger partial charge is 0.191 e. The van der Waals surface area contributed by atoms with Gasteiger partial charge in [0, 0.05) is 38.9 Å². The van der Waals surface area contributed by atoms with E-state index < -0.39 is 0 Å². The van der Waals surface area contributed by atoms with Crippen molar-refractivity contribution in [3.8, 4) is 5.75 Å². The third-order valence-corrected chi connectivity index (χ3v) is 4.63. The molecule has 6 nitrogen and oxygen atoms in total. The van der Waals surface area contributed by atoms with Crippen LogP contribution in [0.2, 0.25) is 0 Å². The minimum atomic E-state index is 0.542. The predicted octanol–water partition coefficient (Wildman–Crippen LogP) is 3.34. The fraction of sp³-hybridized carbons (Fsp3) is 0.458. The van der Waals surface area contributed by atoms with Gasteiger partial charge in [-0.1, -0.05) is 36.4 Å². The number of ether oxygens (including phenoxy) is 2. The highest BCUT2D eigenvalue weighted by molar-refractivity contribution is 5.79. The number of aryl methyl sites for hydroxylation is 1. The van der Waals surface area contributed by atoms with E-state index in [-0.39, 0.29) is 0 Å². The Hall–Kier alpha value is -2.57. The third kappa shape index (κ3) is 8.05. The number of nitrogens with zero attached hydrogens (tertiary/aromatic N) is 2. The van der Waals surface area contributed by atoms with Gasteiger partial charge in [0.05, 0.1) is 6.61 Å². The lowest BCUT2D eigenvalue weighted by Gasteiger charge is -2.17. The van der Waals surface area contributed by atoms with E-state index in [0.717, 1.165) is 30.4 Å². The average molecular weight is 413 g/mol. The van der Waals surface area contributed by atoms with Crippen LogP contribution in [0.15, 0.2) is 47.5 Å². The van der Waals surface area contributed by atoms with E-state index in [1.165, 1.54) is 16.7 Å². The molecule has 0 heterocycles. The molecule has 0 saturated carbocycles. The second-order valence-corrected chi connectivity index (χ2v) is 7.44. The highest BCUT2D eigenvalue weighted by atomic mass is 16.5. The quantitative estimate of drug-likeness (QED) is 0.337. The van der Waals surface area contributed by atoms with Gasteiger partial charge < -0.3 is 25.0 Å². The molecule has 0 aliphatic rings. The second kappa shape index (κ2) is 12.9. The summed E-state index contributed by atoms with van der Waals surface area (Å²) in [5.41, 5.74) is 4.84. The van der Waals surface area contributed by atoms with Gasteiger partial charge in [-0.3, -0.25) is 4.99 Å². The highest BCUT2D eigenvalue weighted by Crippen LogP contribution is 2.20. The highest BCUT2D eigenvalue weighted by Gasteiger charge is 2.08. The summed E-state index contributed by atoms with van der Waals surface area (Å²) in [4.78, 5) is 6.54. The lowest BCUT2D eigenvalue weighted by molar-refractivity contribution is 0.110. The molecule has 0 bridgehead atoms. The van der Waals surface area contributed by atoms with Gasteiger partial charge in [0.25, 0.3) is 0 Å². The first-order chi connectivity index (χ1) is 14.5. The molecule has 30 heavy (non-hydrogen) atoms. The maximum Gasteiger partial charge on any atom is 0.191 e. The number of nitrogens with one attached hydrogen (secondary N) is 2. The summed E-state index contributed by atoms with van der Waals surface area (Å²) in [6.45, 7) is 8.14. The Balaban J connectivity index is 1.95. The number of rotatable bonds is 11. The minimum Gasteiger partial charge on any atom is -0.491 e. The number of hydrogen-bond acceptors (Lipinski definition) is 4. The molecule has 0 aromatic heterocycles. The van der Waals surface area contributed by atoms with Crippen molar-refractivity contribution < 1.29 is 9.47 Å². The van der Waals surface area contributed by atoms with Crippen molar-refractivity contribution >= 4 is 5.96 Å². The van der Waals surface area contributed by atoms with Gasteiger partial charge in [-0.2, -0.15) is 0 Å². The van der Waals surface area contributed by atoms with E-state index in [4.69, 9.17) is 9.47 Å².